The summed E-state index contributed by atoms with van der Waals surface area (Å²) >= 11 is 1.10. The minimum Gasteiger partial charge on any atom is -0.504 e. The molecule has 1 heterocycles. The van der Waals surface area contributed by atoms with Crippen molar-refractivity contribution in [1.82, 2.24) is 20.6 Å². The molecule has 0 atom stereocenters. The van der Waals surface area contributed by atoms with Gasteiger partial charge in [-0.1, -0.05) is 30.3 Å². The zero-order chi connectivity index (χ0) is 22.2. The van der Waals surface area contributed by atoms with E-state index in [1.165, 1.54) is 10.9 Å². The third kappa shape index (κ3) is 6.34. The van der Waals surface area contributed by atoms with Crippen LogP contribution in [0.1, 0.15) is 16.1 Å². The van der Waals surface area contributed by atoms with Gasteiger partial charge in [-0.2, -0.15) is 5.10 Å². The van der Waals surface area contributed by atoms with Crippen molar-refractivity contribution >= 4 is 35.2 Å². The average Bonchev–Trinajstić information content (AvgIpc) is 3.14. The first-order valence-corrected chi connectivity index (χ1v) is 10.5. The zero-order valence-corrected chi connectivity index (χ0v) is 17.5. The number of para-hydroxylation sites is 1. The van der Waals surface area contributed by atoms with Crippen LogP contribution in [0.25, 0.3) is 5.69 Å². The second-order valence-electron chi connectivity index (χ2n) is 6.56. The number of hydrogen-bond acceptors (Lipinski definition) is 6. The number of hydrazine groups is 1. The Labute approximate surface area is 182 Å². The number of benzene rings is 2. The number of nitrogens with zero attached hydrogens (tertiary/aromatic N) is 2. The van der Waals surface area contributed by atoms with Crippen LogP contribution < -0.4 is 16.2 Å². The van der Waals surface area contributed by atoms with Gasteiger partial charge >= 0.3 is 0 Å². The molecular formula is C21H21N5O4S. The lowest BCUT2D eigenvalue weighted by Gasteiger charge is -2.07. The van der Waals surface area contributed by atoms with Crippen molar-refractivity contribution in [2.24, 2.45) is 0 Å². The Morgan fingerprint density at radius 3 is 2.48 bits per heavy atom. The summed E-state index contributed by atoms with van der Waals surface area (Å²) in [4.78, 5) is 36.0. The lowest BCUT2D eigenvalue weighted by Crippen LogP contribution is -2.42. The number of hydrogen-bond donors (Lipinski definition) is 4. The number of nitrogens with one attached hydrogen (secondary N) is 3. The largest absolute Gasteiger partial charge is 0.504 e. The molecule has 3 rings (SSSR count). The van der Waals surface area contributed by atoms with Gasteiger partial charge in [0.1, 0.15) is 0 Å². The molecule has 0 fully saturated rings. The van der Waals surface area contributed by atoms with Gasteiger partial charge in [0.25, 0.3) is 5.91 Å². The van der Waals surface area contributed by atoms with Crippen LogP contribution in [-0.2, 0) is 9.59 Å². The molecule has 0 spiro atoms. The molecule has 0 aliphatic heterocycles. The first kappa shape index (κ1) is 21.9. The van der Waals surface area contributed by atoms with Crippen LogP contribution >= 0.6 is 11.8 Å². The van der Waals surface area contributed by atoms with Crippen molar-refractivity contribution < 1.29 is 19.5 Å². The highest BCUT2D eigenvalue weighted by atomic mass is 32.2. The monoisotopic (exact) mass is 439 g/mol. The summed E-state index contributed by atoms with van der Waals surface area (Å²) in [6, 6.07) is 16.4. The van der Waals surface area contributed by atoms with Gasteiger partial charge in [0, 0.05) is 5.69 Å². The number of rotatable bonds is 7. The summed E-state index contributed by atoms with van der Waals surface area (Å²) in [6.07, 6.45) is 1.30. The van der Waals surface area contributed by atoms with E-state index in [9.17, 15) is 19.5 Å². The molecule has 0 aliphatic rings. The Morgan fingerprint density at radius 1 is 1.00 bits per heavy atom. The first-order chi connectivity index (χ1) is 14.9. The summed E-state index contributed by atoms with van der Waals surface area (Å²) in [6.45, 7) is 1.93. The number of anilines is 1. The van der Waals surface area contributed by atoms with Gasteiger partial charge in [0.15, 0.2) is 11.4 Å². The van der Waals surface area contributed by atoms with Gasteiger partial charge < -0.3 is 10.4 Å². The summed E-state index contributed by atoms with van der Waals surface area (Å²) in [5, 5.41) is 16.7. The van der Waals surface area contributed by atoms with E-state index < -0.39 is 11.8 Å². The molecule has 0 saturated carbocycles. The maximum absolute atomic E-state index is 12.2. The lowest BCUT2D eigenvalue weighted by atomic mass is 10.2. The molecule has 9 nitrogen and oxygen atoms in total. The molecule has 3 aromatic rings. The van der Waals surface area contributed by atoms with Gasteiger partial charge in [-0.3, -0.25) is 25.2 Å². The minimum atomic E-state index is -0.761. The Balaban J connectivity index is 1.42. The van der Waals surface area contributed by atoms with Gasteiger partial charge in [-0.25, -0.2) is 4.68 Å². The molecule has 1 aromatic heterocycles. The van der Waals surface area contributed by atoms with Crippen molar-refractivity contribution in [3.8, 4) is 11.4 Å². The highest BCUT2D eigenvalue weighted by Gasteiger charge is 2.17. The van der Waals surface area contributed by atoms with Gasteiger partial charge in [0.2, 0.25) is 11.8 Å². The number of aromatic hydroxyl groups is 1. The van der Waals surface area contributed by atoms with Crippen molar-refractivity contribution in [2.75, 3.05) is 16.8 Å². The quantitative estimate of drug-likeness (QED) is 0.418. The standard InChI is InChI=1S/C21H21N5O4S/c1-14-6-5-7-15(10-14)22-18(28)12-31-13-19(29)23-24-21(30)20-17(27)11-26(25-20)16-8-3-2-4-9-16/h2-11,27H,12-13H2,1H3,(H,22,28)(H,23,29)(H,24,30). The molecule has 10 heteroatoms. The highest BCUT2D eigenvalue weighted by Crippen LogP contribution is 2.17. The maximum Gasteiger partial charge on any atom is 0.294 e. The molecule has 0 unspecified atom stereocenters. The highest BCUT2D eigenvalue weighted by molar-refractivity contribution is 8.00. The van der Waals surface area contributed by atoms with Crippen molar-refractivity contribution in [3.05, 3.63) is 72.1 Å². The van der Waals surface area contributed by atoms with Crippen LogP contribution in [0.15, 0.2) is 60.8 Å². The lowest BCUT2D eigenvalue weighted by molar-refractivity contribution is -0.119. The third-order valence-electron chi connectivity index (χ3n) is 4.01. The third-order valence-corrected chi connectivity index (χ3v) is 4.95. The maximum atomic E-state index is 12.2. The Kier molecular flexibility index (Phi) is 7.28. The Morgan fingerprint density at radius 2 is 1.74 bits per heavy atom. The van der Waals surface area contributed by atoms with E-state index >= 15 is 0 Å². The Bertz CT molecular complexity index is 1080. The Hall–Kier alpha value is -3.79. The molecular weight excluding hydrogens is 418 g/mol. The fourth-order valence-corrected chi connectivity index (χ4v) is 3.23. The second-order valence-corrected chi connectivity index (χ2v) is 7.54. The molecule has 0 saturated heterocycles. The van der Waals surface area contributed by atoms with Crippen molar-refractivity contribution in [2.45, 2.75) is 6.92 Å². The van der Waals surface area contributed by atoms with Crippen LogP contribution in [0.3, 0.4) is 0 Å². The first-order valence-electron chi connectivity index (χ1n) is 9.30. The summed E-state index contributed by atoms with van der Waals surface area (Å²) in [7, 11) is 0. The topological polar surface area (TPSA) is 125 Å². The van der Waals surface area contributed by atoms with Crippen LogP contribution in [0.4, 0.5) is 5.69 Å². The molecule has 31 heavy (non-hydrogen) atoms. The molecule has 3 amide bonds. The summed E-state index contributed by atoms with van der Waals surface area (Å²) < 4.78 is 1.36. The summed E-state index contributed by atoms with van der Waals surface area (Å²) in [5.74, 6) is -1.77. The zero-order valence-electron chi connectivity index (χ0n) is 16.7. The minimum absolute atomic E-state index is 0.0358. The number of carbonyl (C=O) groups is 3. The van der Waals surface area contributed by atoms with Crippen molar-refractivity contribution in [3.63, 3.8) is 0 Å². The smallest absolute Gasteiger partial charge is 0.294 e. The van der Waals surface area contributed by atoms with Crippen LogP contribution in [0, 0.1) is 6.92 Å². The number of thioether (sulfide) groups is 1. The van der Waals surface area contributed by atoms with E-state index in [1.54, 1.807) is 30.3 Å². The molecule has 0 bridgehead atoms. The molecule has 160 valence electrons. The normalized spacial score (nSPS) is 10.4. The average molecular weight is 439 g/mol. The predicted octanol–water partition coefficient (Wildman–Crippen LogP) is 2.02. The van der Waals surface area contributed by atoms with Crippen LogP contribution in [-0.4, -0.2) is 44.1 Å². The molecule has 2 aromatic carbocycles. The summed E-state index contributed by atoms with van der Waals surface area (Å²) in [5.41, 5.74) is 6.60. The van der Waals surface area contributed by atoms with E-state index in [4.69, 9.17) is 0 Å². The van der Waals surface area contributed by atoms with Gasteiger partial charge in [0.05, 0.1) is 23.4 Å². The number of aryl methyl sites for hydroxylation is 1. The van der Waals surface area contributed by atoms with E-state index in [2.05, 4.69) is 21.3 Å². The fraction of sp³-hybridized carbons (Fsp3) is 0.143. The van der Waals surface area contributed by atoms with Crippen LogP contribution in [0.2, 0.25) is 0 Å². The fourth-order valence-electron chi connectivity index (χ4n) is 2.62. The van der Waals surface area contributed by atoms with Gasteiger partial charge in [-0.05, 0) is 36.8 Å². The van der Waals surface area contributed by atoms with Crippen molar-refractivity contribution in [1.29, 1.82) is 0 Å². The van der Waals surface area contributed by atoms with Gasteiger partial charge in [-0.15, -0.1) is 11.8 Å². The molecule has 0 radical (unpaired) electrons. The number of amides is 3. The number of carbonyl (C=O) groups excluding carboxylic acids is 3. The molecule has 4 N–H and O–H groups in total. The second kappa shape index (κ2) is 10.3. The van der Waals surface area contributed by atoms with Crippen LogP contribution in [0.5, 0.6) is 5.75 Å². The predicted molar refractivity (Wildman–Crippen MR) is 118 cm³/mol. The van der Waals surface area contributed by atoms with E-state index in [1.807, 2.05) is 31.2 Å². The molecule has 0 aliphatic carbocycles. The number of aromatic nitrogens is 2. The van der Waals surface area contributed by atoms with E-state index in [0.717, 1.165) is 17.3 Å². The van der Waals surface area contributed by atoms with E-state index in [-0.39, 0.29) is 28.9 Å². The van der Waals surface area contributed by atoms with E-state index in [0.29, 0.717) is 11.4 Å². The SMILES string of the molecule is Cc1cccc(NC(=O)CSCC(=O)NNC(=O)c2nn(-c3ccccc3)cc2O)c1.